The van der Waals surface area contributed by atoms with Gasteiger partial charge in [0.15, 0.2) is 0 Å². The van der Waals surface area contributed by atoms with Gasteiger partial charge in [0.2, 0.25) is 0 Å². The van der Waals surface area contributed by atoms with Gasteiger partial charge in [0.1, 0.15) is 17.8 Å². The van der Waals surface area contributed by atoms with Crippen LogP contribution in [-0.4, -0.2) is 6.17 Å². The van der Waals surface area contributed by atoms with E-state index in [2.05, 4.69) is 0 Å². The van der Waals surface area contributed by atoms with Crippen LogP contribution in [0.15, 0.2) is 35.1 Å². The predicted molar refractivity (Wildman–Crippen MR) is 72.0 cm³/mol. The minimum Gasteiger partial charge on any atom is -0.242 e. The summed E-state index contributed by atoms with van der Waals surface area (Å²) in [5.74, 6) is -1.32. The lowest BCUT2D eigenvalue weighted by Crippen LogP contribution is -2.07. The van der Waals surface area contributed by atoms with Gasteiger partial charge in [-0.15, -0.1) is 0 Å². The van der Waals surface area contributed by atoms with E-state index in [9.17, 15) is 13.2 Å². The largest absolute Gasteiger partial charge is 0.242 e. The highest BCUT2D eigenvalue weighted by Gasteiger charge is 2.25. The Morgan fingerprint density at radius 1 is 1.26 bits per heavy atom. The van der Waals surface area contributed by atoms with E-state index in [4.69, 9.17) is 11.6 Å². The lowest BCUT2D eigenvalue weighted by Gasteiger charge is -2.18. The summed E-state index contributed by atoms with van der Waals surface area (Å²) in [6.07, 6.45) is -0.731. The Balaban J connectivity index is 2.57. The summed E-state index contributed by atoms with van der Waals surface area (Å²) in [7, 11) is 0. The second-order valence-electron chi connectivity index (χ2n) is 4.88. The molecule has 1 aromatic rings. The highest BCUT2D eigenvalue weighted by molar-refractivity contribution is 6.33. The Hall–Kier alpha value is -1.22. The quantitative estimate of drug-likeness (QED) is 0.674. The topological polar surface area (TPSA) is 0 Å². The van der Waals surface area contributed by atoms with Crippen molar-refractivity contribution in [2.45, 2.75) is 32.4 Å². The van der Waals surface area contributed by atoms with E-state index in [-0.39, 0.29) is 28.5 Å². The molecule has 0 nitrogen and oxygen atoms in total. The molecule has 0 saturated heterocycles. The number of benzene rings is 1. The highest BCUT2D eigenvalue weighted by Crippen LogP contribution is 2.39. The molecule has 1 aliphatic rings. The molecule has 0 radical (unpaired) electrons. The number of halogens is 4. The van der Waals surface area contributed by atoms with E-state index < -0.39 is 17.8 Å². The second kappa shape index (κ2) is 5.41. The normalized spacial score (nSPS) is 19.9. The van der Waals surface area contributed by atoms with Gasteiger partial charge in [-0.25, -0.2) is 13.2 Å². The van der Waals surface area contributed by atoms with Crippen LogP contribution in [0.1, 0.15) is 37.3 Å². The van der Waals surface area contributed by atoms with Crippen LogP contribution in [0.4, 0.5) is 13.2 Å². The molecule has 0 amide bonds. The monoisotopic (exact) mass is 286 g/mol. The van der Waals surface area contributed by atoms with E-state index in [1.807, 2.05) is 13.8 Å². The van der Waals surface area contributed by atoms with E-state index in [1.54, 1.807) is 12.1 Å². The SMILES string of the molecule is CC(C)c1cccc(C2=C(Cl)C[C@H](F)C=C2F)c1F. The lowest BCUT2D eigenvalue weighted by atomic mass is 9.92. The van der Waals surface area contributed by atoms with Gasteiger partial charge < -0.3 is 0 Å². The van der Waals surface area contributed by atoms with Crippen molar-refractivity contribution in [1.82, 2.24) is 0 Å². The average molecular weight is 287 g/mol. The molecule has 0 bridgehead atoms. The first-order valence-corrected chi connectivity index (χ1v) is 6.48. The van der Waals surface area contributed by atoms with Crippen LogP contribution in [0.2, 0.25) is 0 Å². The fourth-order valence-electron chi connectivity index (χ4n) is 2.17. The highest BCUT2D eigenvalue weighted by atomic mass is 35.5. The molecule has 0 aromatic heterocycles. The zero-order valence-corrected chi connectivity index (χ0v) is 11.4. The summed E-state index contributed by atoms with van der Waals surface area (Å²) in [6.45, 7) is 3.70. The van der Waals surface area contributed by atoms with Crippen LogP contribution in [0, 0.1) is 5.82 Å². The van der Waals surface area contributed by atoms with Crippen LogP contribution >= 0.6 is 11.6 Å². The second-order valence-corrected chi connectivity index (χ2v) is 5.33. The molecule has 0 heterocycles. The molecule has 1 aromatic carbocycles. The van der Waals surface area contributed by atoms with Gasteiger partial charge in [-0.1, -0.05) is 43.6 Å². The molecule has 0 aliphatic heterocycles. The number of rotatable bonds is 2. The molecule has 0 spiro atoms. The summed E-state index contributed by atoms with van der Waals surface area (Å²) in [4.78, 5) is 0. The smallest absolute Gasteiger partial charge is 0.134 e. The zero-order chi connectivity index (χ0) is 14.2. The van der Waals surface area contributed by atoms with Crippen LogP contribution in [0.3, 0.4) is 0 Å². The van der Waals surface area contributed by atoms with Crippen molar-refractivity contribution in [1.29, 1.82) is 0 Å². The predicted octanol–water partition coefficient (Wildman–Crippen LogP) is 5.49. The Kier molecular flexibility index (Phi) is 4.04. The minimum absolute atomic E-state index is 0.0207. The van der Waals surface area contributed by atoms with Gasteiger partial charge in [-0.2, -0.15) is 0 Å². The van der Waals surface area contributed by atoms with E-state index >= 15 is 0 Å². The van der Waals surface area contributed by atoms with E-state index in [0.717, 1.165) is 6.08 Å². The number of hydrogen-bond donors (Lipinski definition) is 0. The van der Waals surface area contributed by atoms with Crippen molar-refractivity contribution in [3.05, 3.63) is 52.1 Å². The number of hydrogen-bond acceptors (Lipinski definition) is 0. The standard InChI is InChI=1S/C15H14ClF3/c1-8(2)10-4-3-5-11(15(10)19)14-12(16)6-9(17)7-13(14)18/h3-5,7-9H,6H2,1-2H3/t9-/m0/s1. The molecule has 1 atom stereocenters. The molecular weight excluding hydrogens is 273 g/mol. The summed E-state index contributed by atoms with van der Waals surface area (Å²) >= 11 is 5.90. The van der Waals surface area contributed by atoms with Gasteiger partial charge in [0, 0.05) is 22.6 Å². The molecular formula is C15H14ClF3. The van der Waals surface area contributed by atoms with Gasteiger partial charge in [0.25, 0.3) is 0 Å². The summed E-state index contributed by atoms with van der Waals surface area (Å²) < 4.78 is 41.4. The molecule has 0 unspecified atom stereocenters. The first-order chi connectivity index (χ1) is 8.91. The Bertz CT molecular complexity index is 559. The summed E-state index contributed by atoms with van der Waals surface area (Å²) in [5, 5.41) is 0.0207. The van der Waals surface area contributed by atoms with Crippen molar-refractivity contribution in [3.8, 4) is 0 Å². The van der Waals surface area contributed by atoms with Crippen molar-refractivity contribution < 1.29 is 13.2 Å². The molecule has 0 saturated carbocycles. The Morgan fingerprint density at radius 2 is 1.95 bits per heavy atom. The van der Waals surface area contributed by atoms with Crippen molar-refractivity contribution in [2.24, 2.45) is 0 Å². The summed E-state index contributed by atoms with van der Waals surface area (Å²) in [6, 6.07) is 4.77. The minimum atomic E-state index is -1.45. The van der Waals surface area contributed by atoms with Crippen LogP contribution < -0.4 is 0 Å². The molecule has 0 N–H and O–H groups in total. The zero-order valence-electron chi connectivity index (χ0n) is 10.7. The third kappa shape index (κ3) is 2.71. The molecule has 0 fully saturated rings. The third-order valence-corrected chi connectivity index (χ3v) is 3.47. The van der Waals surface area contributed by atoms with Gasteiger partial charge >= 0.3 is 0 Å². The average Bonchev–Trinajstić information content (AvgIpc) is 2.29. The molecule has 1 aliphatic carbocycles. The van der Waals surface area contributed by atoms with Crippen LogP contribution in [0.5, 0.6) is 0 Å². The van der Waals surface area contributed by atoms with Crippen molar-refractivity contribution in [3.63, 3.8) is 0 Å². The number of allylic oxidation sites excluding steroid dienone is 4. The van der Waals surface area contributed by atoms with Gasteiger partial charge in [0.05, 0.1) is 0 Å². The van der Waals surface area contributed by atoms with Crippen molar-refractivity contribution >= 4 is 17.2 Å². The van der Waals surface area contributed by atoms with Crippen LogP contribution in [0.25, 0.3) is 5.57 Å². The van der Waals surface area contributed by atoms with Crippen LogP contribution in [-0.2, 0) is 0 Å². The molecule has 19 heavy (non-hydrogen) atoms. The first-order valence-electron chi connectivity index (χ1n) is 6.11. The molecule has 2 rings (SSSR count). The van der Waals surface area contributed by atoms with Crippen molar-refractivity contribution in [2.75, 3.05) is 0 Å². The fraction of sp³-hybridized carbons (Fsp3) is 0.333. The maximum atomic E-state index is 14.4. The maximum Gasteiger partial charge on any atom is 0.134 e. The van der Waals surface area contributed by atoms with E-state index in [1.165, 1.54) is 6.07 Å². The van der Waals surface area contributed by atoms with Gasteiger partial charge in [-0.05, 0) is 17.6 Å². The first kappa shape index (κ1) is 14.2. The molecule has 102 valence electrons. The summed E-state index contributed by atoms with van der Waals surface area (Å²) in [5.41, 5.74) is 0.553. The molecule has 4 heteroatoms. The lowest BCUT2D eigenvalue weighted by molar-refractivity contribution is 0.391. The Labute approximate surface area is 115 Å². The third-order valence-electron chi connectivity index (χ3n) is 3.13. The van der Waals surface area contributed by atoms with E-state index in [0.29, 0.717) is 5.56 Å². The fourth-order valence-corrected chi connectivity index (χ4v) is 2.51. The van der Waals surface area contributed by atoms with Gasteiger partial charge in [-0.3, -0.25) is 0 Å². The number of alkyl halides is 1. The maximum absolute atomic E-state index is 14.4. The Morgan fingerprint density at radius 3 is 2.53 bits per heavy atom.